The lowest BCUT2D eigenvalue weighted by Crippen LogP contribution is -2.34. The monoisotopic (exact) mass is 614 g/mol. The van der Waals surface area contributed by atoms with Crippen LogP contribution in [0.5, 0.6) is 0 Å². The molecular weight excluding hydrogens is 567 g/mol. The lowest BCUT2D eigenvalue weighted by Gasteiger charge is -2.36. The van der Waals surface area contributed by atoms with Crippen molar-refractivity contribution in [3.8, 4) is 0 Å². The fourth-order valence-electron chi connectivity index (χ4n) is 5.62. The van der Waals surface area contributed by atoms with Crippen molar-refractivity contribution in [2.24, 2.45) is 0 Å². The second-order valence-electron chi connectivity index (χ2n) is 16.3. The van der Waals surface area contributed by atoms with Crippen molar-refractivity contribution in [3.63, 3.8) is 0 Å². The minimum Gasteiger partial charge on any atom is -0.345 e. The highest BCUT2D eigenvalue weighted by atomic mass is 19.2. The minimum atomic E-state index is -2.16. The predicted molar refractivity (Wildman–Crippen MR) is 171 cm³/mol. The molecule has 1 aliphatic rings. The fourth-order valence-corrected chi connectivity index (χ4v) is 5.62. The SMILES string of the molecule is CC(C)(C)c1cc(N2CCN(c3cc(C(C)(C)C)cc(C(C)(C)C)c3)C2c2c(F)c(F)c(F)c(F)c2F)cc(C(C)(C)C)c1. The Morgan fingerprint density at radius 1 is 0.432 bits per heavy atom. The van der Waals surface area contributed by atoms with Crippen LogP contribution in [-0.4, -0.2) is 13.1 Å². The van der Waals surface area contributed by atoms with E-state index >= 15 is 8.78 Å². The first-order valence-electron chi connectivity index (χ1n) is 15.3. The summed E-state index contributed by atoms with van der Waals surface area (Å²) in [6, 6.07) is 12.2. The topological polar surface area (TPSA) is 6.48 Å². The molecule has 0 unspecified atom stereocenters. The maximum Gasteiger partial charge on any atom is 0.200 e. The van der Waals surface area contributed by atoms with Crippen molar-refractivity contribution in [3.05, 3.63) is 93.3 Å². The van der Waals surface area contributed by atoms with E-state index in [1.54, 1.807) is 9.80 Å². The van der Waals surface area contributed by atoms with Gasteiger partial charge in [0.1, 0.15) is 6.17 Å². The summed E-state index contributed by atoms with van der Waals surface area (Å²) in [6.45, 7) is 25.7. The standard InChI is InChI=1S/C37H47F5N2/c1-34(2,3)21-15-22(35(4,5)6)18-25(17-21)43-13-14-44(33(43)27-28(38)30(40)32(42)31(41)29(27)39)26-19-23(36(7,8)9)16-24(20-26)37(10,11)12/h15-20,33H,13-14H2,1-12H3. The van der Waals surface area contributed by atoms with Crippen molar-refractivity contribution >= 4 is 11.4 Å². The Morgan fingerprint density at radius 3 is 0.932 bits per heavy atom. The summed E-state index contributed by atoms with van der Waals surface area (Å²) in [5.74, 6) is -9.66. The average Bonchev–Trinajstić information content (AvgIpc) is 3.33. The second kappa shape index (κ2) is 11.1. The van der Waals surface area contributed by atoms with Crippen molar-refractivity contribution in [2.45, 2.75) is 111 Å². The van der Waals surface area contributed by atoms with Gasteiger partial charge in [-0.15, -0.1) is 0 Å². The fraction of sp³-hybridized carbons (Fsp3) is 0.514. The number of hydrogen-bond donors (Lipinski definition) is 0. The van der Waals surface area contributed by atoms with Gasteiger partial charge in [-0.1, -0.05) is 95.2 Å². The highest BCUT2D eigenvalue weighted by Gasteiger charge is 2.42. The third-order valence-electron chi connectivity index (χ3n) is 8.64. The molecule has 0 saturated carbocycles. The van der Waals surface area contributed by atoms with E-state index in [-0.39, 0.29) is 21.7 Å². The lowest BCUT2D eigenvalue weighted by atomic mass is 9.80. The zero-order chi connectivity index (χ0) is 33.3. The van der Waals surface area contributed by atoms with E-state index in [9.17, 15) is 13.2 Å². The summed E-state index contributed by atoms with van der Waals surface area (Å²) in [5.41, 5.74) is 3.53. The van der Waals surface area contributed by atoms with Gasteiger partial charge in [-0.3, -0.25) is 0 Å². The molecular formula is C37H47F5N2. The van der Waals surface area contributed by atoms with Gasteiger partial charge in [-0.05, 0) is 68.2 Å². The Hall–Kier alpha value is -3.09. The number of rotatable bonds is 3. The normalized spacial score (nSPS) is 15.5. The first-order valence-corrected chi connectivity index (χ1v) is 15.3. The van der Waals surface area contributed by atoms with E-state index in [0.717, 1.165) is 22.3 Å². The zero-order valence-corrected chi connectivity index (χ0v) is 28.2. The molecule has 1 fully saturated rings. The summed E-state index contributed by atoms with van der Waals surface area (Å²) >= 11 is 0. The Labute approximate surface area is 260 Å². The molecule has 0 amide bonds. The van der Waals surface area contributed by atoms with Gasteiger partial charge in [0.15, 0.2) is 23.3 Å². The second-order valence-corrected chi connectivity index (χ2v) is 16.3. The number of hydrogen-bond acceptors (Lipinski definition) is 2. The molecule has 3 aromatic rings. The highest BCUT2D eigenvalue weighted by Crippen LogP contribution is 2.45. The van der Waals surface area contributed by atoms with Gasteiger partial charge in [0.25, 0.3) is 0 Å². The van der Waals surface area contributed by atoms with Gasteiger partial charge in [0.05, 0.1) is 5.56 Å². The zero-order valence-electron chi connectivity index (χ0n) is 28.2. The van der Waals surface area contributed by atoms with Gasteiger partial charge in [0.2, 0.25) is 5.82 Å². The molecule has 0 aliphatic carbocycles. The Bertz CT molecular complexity index is 1390. The summed E-state index contributed by atoms with van der Waals surface area (Å²) in [4.78, 5) is 3.56. The van der Waals surface area contributed by atoms with Gasteiger partial charge in [-0.2, -0.15) is 0 Å². The van der Waals surface area contributed by atoms with Crippen molar-refractivity contribution < 1.29 is 22.0 Å². The van der Waals surface area contributed by atoms with Crippen molar-refractivity contribution in [1.29, 1.82) is 0 Å². The van der Waals surface area contributed by atoms with Crippen LogP contribution in [0.2, 0.25) is 0 Å². The molecule has 0 bridgehead atoms. The molecule has 4 rings (SSSR count). The Morgan fingerprint density at radius 2 is 0.682 bits per heavy atom. The Kier molecular flexibility index (Phi) is 8.50. The highest BCUT2D eigenvalue weighted by molar-refractivity contribution is 5.64. The molecule has 240 valence electrons. The molecule has 0 atom stereocenters. The average molecular weight is 615 g/mol. The summed E-state index contributed by atoms with van der Waals surface area (Å²) in [6.07, 6.45) is -1.29. The largest absolute Gasteiger partial charge is 0.345 e. The third-order valence-corrected chi connectivity index (χ3v) is 8.64. The van der Waals surface area contributed by atoms with E-state index in [0.29, 0.717) is 24.5 Å². The minimum absolute atomic E-state index is 0.252. The maximum absolute atomic E-state index is 15.7. The molecule has 0 radical (unpaired) electrons. The smallest absolute Gasteiger partial charge is 0.200 e. The van der Waals surface area contributed by atoms with Gasteiger partial charge in [0, 0.05) is 24.5 Å². The lowest BCUT2D eigenvalue weighted by molar-refractivity contribution is 0.364. The molecule has 44 heavy (non-hydrogen) atoms. The van der Waals surface area contributed by atoms with Crippen LogP contribution in [0, 0.1) is 29.1 Å². The molecule has 1 heterocycles. The number of halogens is 5. The van der Waals surface area contributed by atoms with Gasteiger partial charge >= 0.3 is 0 Å². The van der Waals surface area contributed by atoms with E-state index in [1.165, 1.54) is 0 Å². The van der Waals surface area contributed by atoms with E-state index in [2.05, 4.69) is 95.2 Å². The van der Waals surface area contributed by atoms with Crippen molar-refractivity contribution in [2.75, 3.05) is 22.9 Å². The van der Waals surface area contributed by atoms with Crippen LogP contribution in [0.3, 0.4) is 0 Å². The quantitative estimate of drug-likeness (QED) is 0.165. The Balaban J connectivity index is 2.06. The molecule has 2 nitrogen and oxygen atoms in total. The summed E-state index contributed by atoms with van der Waals surface area (Å²) in [5, 5.41) is 0. The van der Waals surface area contributed by atoms with Crippen molar-refractivity contribution in [1.82, 2.24) is 0 Å². The van der Waals surface area contributed by atoms with E-state index in [1.807, 2.05) is 24.3 Å². The number of nitrogens with zero attached hydrogens (tertiary/aromatic N) is 2. The van der Waals surface area contributed by atoms with Crippen LogP contribution in [0.25, 0.3) is 0 Å². The summed E-state index contributed by atoms with van der Waals surface area (Å²) < 4.78 is 75.4. The van der Waals surface area contributed by atoms with Crippen LogP contribution in [0.1, 0.15) is 117 Å². The third kappa shape index (κ3) is 6.34. The molecule has 0 N–H and O–H groups in total. The first kappa shape index (κ1) is 33.8. The molecule has 0 spiro atoms. The first-order chi connectivity index (χ1) is 19.9. The molecule has 0 aromatic heterocycles. The number of anilines is 2. The summed E-state index contributed by atoms with van der Waals surface area (Å²) in [7, 11) is 0. The predicted octanol–water partition coefficient (Wildman–Crippen LogP) is 10.6. The van der Waals surface area contributed by atoms with Gasteiger partial charge in [-0.25, -0.2) is 22.0 Å². The molecule has 7 heteroatoms. The molecule has 3 aromatic carbocycles. The molecule has 1 saturated heterocycles. The van der Waals surface area contributed by atoms with Crippen LogP contribution in [0.4, 0.5) is 33.3 Å². The number of benzene rings is 3. The molecule has 1 aliphatic heterocycles. The van der Waals surface area contributed by atoms with E-state index in [4.69, 9.17) is 0 Å². The van der Waals surface area contributed by atoms with Crippen LogP contribution >= 0.6 is 0 Å². The van der Waals surface area contributed by atoms with E-state index < -0.39 is 40.8 Å². The van der Waals surface area contributed by atoms with Crippen LogP contribution in [-0.2, 0) is 21.7 Å². The van der Waals surface area contributed by atoms with Crippen LogP contribution in [0.15, 0.2) is 36.4 Å². The van der Waals surface area contributed by atoms with Gasteiger partial charge < -0.3 is 9.80 Å². The maximum atomic E-state index is 15.7. The van der Waals surface area contributed by atoms with Crippen LogP contribution < -0.4 is 9.80 Å².